The van der Waals surface area contributed by atoms with Crippen molar-refractivity contribution in [1.82, 2.24) is 5.32 Å². The van der Waals surface area contributed by atoms with Crippen LogP contribution in [0.15, 0.2) is 9.85 Å². The first-order valence-electron chi connectivity index (χ1n) is 5.18. The van der Waals surface area contributed by atoms with Crippen molar-refractivity contribution in [2.75, 3.05) is 6.54 Å². The molecule has 1 unspecified atom stereocenters. The summed E-state index contributed by atoms with van der Waals surface area (Å²) in [4.78, 5) is 1.43. The highest BCUT2D eigenvalue weighted by Gasteiger charge is 2.13. The molecule has 0 saturated heterocycles. The summed E-state index contributed by atoms with van der Waals surface area (Å²) in [6, 6.07) is 2.79. The standard InChI is InChI=1S/C11H18BrNS/c1-4-6-10(13-5-2)9-7-11(12)14-8(9)3/h7,10,13H,4-6H2,1-3H3. The normalized spacial score (nSPS) is 13.1. The largest absolute Gasteiger partial charge is 0.310 e. The van der Waals surface area contributed by atoms with E-state index in [1.165, 1.54) is 27.1 Å². The Bertz CT molecular complexity index is 277. The third-order valence-electron chi connectivity index (χ3n) is 2.33. The van der Waals surface area contributed by atoms with Gasteiger partial charge in [-0.1, -0.05) is 20.3 Å². The van der Waals surface area contributed by atoms with E-state index in [9.17, 15) is 0 Å². The molecule has 0 spiro atoms. The van der Waals surface area contributed by atoms with Gasteiger partial charge in [0, 0.05) is 10.9 Å². The lowest BCUT2D eigenvalue weighted by Crippen LogP contribution is -2.20. The minimum Gasteiger partial charge on any atom is -0.310 e. The highest BCUT2D eigenvalue weighted by atomic mass is 79.9. The topological polar surface area (TPSA) is 12.0 Å². The third-order valence-corrected chi connectivity index (χ3v) is 3.90. The van der Waals surface area contributed by atoms with Crippen molar-refractivity contribution in [3.8, 4) is 0 Å². The Balaban J connectivity index is 2.80. The minimum atomic E-state index is 0.535. The van der Waals surface area contributed by atoms with E-state index in [0.717, 1.165) is 6.54 Å². The Morgan fingerprint density at radius 2 is 2.21 bits per heavy atom. The van der Waals surface area contributed by atoms with Crippen molar-refractivity contribution >= 4 is 27.3 Å². The van der Waals surface area contributed by atoms with Crippen LogP contribution < -0.4 is 5.32 Å². The van der Waals surface area contributed by atoms with Crippen LogP contribution in [0.25, 0.3) is 0 Å². The molecule has 0 fully saturated rings. The summed E-state index contributed by atoms with van der Waals surface area (Å²) >= 11 is 5.37. The van der Waals surface area contributed by atoms with E-state index in [2.05, 4.69) is 48.1 Å². The number of hydrogen-bond donors (Lipinski definition) is 1. The minimum absolute atomic E-state index is 0.535. The van der Waals surface area contributed by atoms with Gasteiger partial charge in [-0.05, 0) is 47.4 Å². The smallest absolute Gasteiger partial charge is 0.0704 e. The van der Waals surface area contributed by atoms with Gasteiger partial charge in [-0.25, -0.2) is 0 Å². The van der Waals surface area contributed by atoms with Crippen LogP contribution in [0, 0.1) is 6.92 Å². The molecule has 0 aromatic carbocycles. The molecule has 1 aromatic rings. The van der Waals surface area contributed by atoms with Crippen molar-refractivity contribution in [2.45, 2.75) is 39.7 Å². The molecular weight excluding hydrogens is 258 g/mol. The van der Waals surface area contributed by atoms with Crippen LogP contribution in [0.2, 0.25) is 0 Å². The molecular formula is C11H18BrNS. The highest BCUT2D eigenvalue weighted by molar-refractivity contribution is 9.11. The van der Waals surface area contributed by atoms with Crippen molar-refractivity contribution < 1.29 is 0 Å². The molecule has 0 aliphatic heterocycles. The molecule has 1 rings (SSSR count). The first kappa shape index (κ1) is 12.2. The number of rotatable bonds is 5. The van der Waals surface area contributed by atoms with Crippen LogP contribution in [0.1, 0.15) is 43.2 Å². The summed E-state index contributed by atoms with van der Waals surface area (Å²) < 4.78 is 1.24. The lowest BCUT2D eigenvalue weighted by atomic mass is 10.0. The molecule has 1 heterocycles. The Labute approximate surface area is 99.0 Å². The van der Waals surface area contributed by atoms with Gasteiger partial charge in [0.05, 0.1) is 3.79 Å². The summed E-state index contributed by atoms with van der Waals surface area (Å²) in [5.41, 5.74) is 1.46. The predicted octanol–water partition coefficient (Wildman–Crippen LogP) is 4.27. The van der Waals surface area contributed by atoms with Gasteiger partial charge in [0.1, 0.15) is 0 Å². The van der Waals surface area contributed by atoms with Gasteiger partial charge in [0.15, 0.2) is 0 Å². The van der Waals surface area contributed by atoms with E-state index in [1.807, 2.05) is 11.3 Å². The molecule has 80 valence electrons. The quantitative estimate of drug-likeness (QED) is 0.846. The molecule has 1 aromatic heterocycles. The second kappa shape index (κ2) is 5.89. The Morgan fingerprint density at radius 3 is 2.64 bits per heavy atom. The van der Waals surface area contributed by atoms with Gasteiger partial charge in [-0.3, -0.25) is 0 Å². The first-order valence-corrected chi connectivity index (χ1v) is 6.79. The van der Waals surface area contributed by atoms with Gasteiger partial charge in [0.25, 0.3) is 0 Å². The van der Waals surface area contributed by atoms with Gasteiger partial charge < -0.3 is 5.32 Å². The van der Waals surface area contributed by atoms with Crippen LogP contribution in [0.3, 0.4) is 0 Å². The maximum Gasteiger partial charge on any atom is 0.0704 e. The molecule has 0 amide bonds. The van der Waals surface area contributed by atoms with E-state index in [1.54, 1.807) is 0 Å². The summed E-state index contributed by atoms with van der Waals surface area (Å²) in [7, 11) is 0. The van der Waals surface area contributed by atoms with Gasteiger partial charge >= 0.3 is 0 Å². The maximum absolute atomic E-state index is 3.54. The monoisotopic (exact) mass is 275 g/mol. The molecule has 0 saturated carbocycles. The van der Waals surface area contributed by atoms with Crippen LogP contribution in [0.4, 0.5) is 0 Å². The molecule has 0 aliphatic rings. The van der Waals surface area contributed by atoms with Crippen LogP contribution in [0.5, 0.6) is 0 Å². The van der Waals surface area contributed by atoms with Gasteiger partial charge in [-0.15, -0.1) is 11.3 Å². The Morgan fingerprint density at radius 1 is 1.50 bits per heavy atom. The molecule has 14 heavy (non-hydrogen) atoms. The second-order valence-electron chi connectivity index (χ2n) is 3.46. The number of nitrogens with one attached hydrogen (secondary N) is 1. The lowest BCUT2D eigenvalue weighted by Gasteiger charge is -2.16. The molecule has 1 N–H and O–H groups in total. The van der Waals surface area contributed by atoms with Crippen molar-refractivity contribution in [3.05, 3.63) is 20.3 Å². The second-order valence-corrected chi connectivity index (χ2v) is 6.10. The Hall–Kier alpha value is 0.140. The van der Waals surface area contributed by atoms with E-state index < -0.39 is 0 Å². The van der Waals surface area contributed by atoms with Gasteiger partial charge in [0.2, 0.25) is 0 Å². The fourth-order valence-corrected chi connectivity index (χ4v) is 3.48. The SMILES string of the molecule is CCCC(NCC)c1cc(Br)sc1C. The van der Waals surface area contributed by atoms with Crippen LogP contribution in [-0.4, -0.2) is 6.54 Å². The summed E-state index contributed by atoms with van der Waals surface area (Å²) in [5, 5.41) is 3.54. The van der Waals surface area contributed by atoms with Crippen molar-refractivity contribution in [2.24, 2.45) is 0 Å². The third kappa shape index (κ3) is 3.07. The van der Waals surface area contributed by atoms with E-state index in [4.69, 9.17) is 0 Å². The molecule has 3 heteroatoms. The van der Waals surface area contributed by atoms with Gasteiger partial charge in [-0.2, -0.15) is 0 Å². The summed E-state index contributed by atoms with van der Waals surface area (Å²) in [6.07, 6.45) is 2.45. The van der Waals surface area contributed by atoms with Crippen LogP contribution in [-0.2, 0) is 0 Å². The summed E-state index contributed by atoms with van der Waals surface area (Å²) in [5.74, 6) is 0. The number of halogens is 1. The van der Waals surface area contributed by atoms with Crippen molar-refractivity contribution in [3.63, 3.8) is 0 Å². The maximum atomic E-state index is 3.54. The van der Waals surface area contributed by atoms with E-state index in [0.29, 0.717) is 6.04 Å². The van der Waals surface area contributed by atoms with Crippen LogP contribution >= 0.6 is 27.3 Å². The molecule has 0 aliphatic carbocycles. The van der Waals surface area contributed by atoms with E-state index in [-0.39, 0.29) is 0 Å². The number of thiophene rings is 1. The number of aryl methyl sites for hydroxylation is 1. The summed E-state index contributed by atoms with van der Waals surface area (Å²) in [6.45, 7) is 7.64. The Kier molecular flexibility index (Phi) is 5.13. The fraction of sp³-hybridized carbons (Fsp3) is 0.636. The fourth-order valence-electron chi connectivity index (χ4n) is 1.71. The molecule has 0 bridgehead atoms. The average Bonchev–Trinajstić information content (AvgIpc) is 2.45. The zero-order valence-corrected chi connectivity index (χ0v) is 11.5. The molecule has 0 radical (unpaired) electrons. The number of hydrogen-bond acceptors (Lipinski definition) is 2. The highest BCUT2D eigenvalue weighted by Crippen LogP contribution is 2.32. The zero-order valence-electron chi connectivity index (χ0n) is 9.06. The zero-order chi connectivity index (χ0) is 10.6. The predicted molar refractivity (Wildman–Crippen MR) is 68.1 cm³/mol. The lowest BCUT2D eigenvalue weighted by molar-refractivity contribution is 0.509. The first-order chi connectivity index (χ1) is 6.69. The average molecular weight is 276 g/mol. The van der Waals surface area contributed by atoms with E-state index >= 15 is 0 Å². The van der Waals surface area contributed by atoms with Crippen molar-refractivity contribution in [1.29, 1.82) is 0 Å². The molecule has 1 nitrogen and oxygen atoms in total. The molecule has 1 atom stereocenters.